The van der Waals surface area contributed by atoms with Gasteiger partial charge in [0, 0.05) is 11.1 Å². The molecule has 0 atom stereocenters. The van der Waals surface area contributed by atoms with Gasteiger partial charge in [-0.3, -0.25) is 0 Å². The zero-order chi connectivity index (χ0) is 15.4. The number of halogens is 4. The number of benzene rings is 2. The smallest absolute Gasteiger partial charge is 0.349 e. The highest BCUT2D eigenvalue weighted by Crippen LogP contribution is 2.28. The molecule has 110 valence electrons. The number of hydrogen-bond donors (Lipinski definition) is 0. The molecule has 0 bridgehead atoms. The van der Waals surface area contributed by atoms with Crippen molar-refractivity contribution in [3.05, 3.63) is 56.5 Å². The van der Waals surface area contributed by atoms with Crippen LogP contribution in [0.5, 0.6) is 11.5 Å². The van der Waals surface area contributed by atoms with Crippen molar-refractivity contribution in [2.24, 2.45) is 0 Å². The van der Waals surface area contributed by atoms with Gasteiger partial charge in [-0.25, -0.2) is 4.79 Å². The van der Waals surface area contributed by atoms with E-state index in [0.717, 1.165) is 0 Å². The standard InChI is InChI=1S/C14H8Cl4O3/c15-8-1-4-13(12(18)5-8)20-7-14(19)21-9-2-3-10(16)11(17)6-9/h1-6H,7H2. The molecule has 0 heterocycles. The molecule has 0 aliphatic carbocycles. The lowest BCUT2D eigenvalue weighted by Gasteiger charge is -2.08. The summed E-state index contributed by atoms with van der Waals surface area (Å²) in [6.07, 6.45) is 0. The minimum atomic E-state index is -0.598. The first kappa shape index (κ1) is 16.2. The predicted octanol–water partition coefficient (Wildman–Crippen LogP) is 5.28. The summed E-state index contributed by atoms with van der Waals surface area (Å²) in [5, 5.41) is 1.46. The summed E-state index contributed by atoms with van der Waals surface area (Å²) in [4.78, 5) is 11.7. The topological polar surface area (TPSA) is 35.5 Å². The first-order valence-electron chi connectivity index (χ1n) is 5.69. The molecule has 3 nitrogen and oxygen atoms in total. The maximum absolute atomic E-state index is 11.7. The van der Waals surface area contributed by atoms with E-state index in [1.54, 1.807) is 12.1 Å². The van der Waals surface area contributed by atoms with Crippen LogP contribution in [0.4, 0.5) is 0 Å². The van der Waals surface area contributed by atoms with Crippen LogP contribution in [-0.4, -0.2) is 12.6 Å². The Labute approximate surface area is 141 Å². The fraction of sp³-hybridized carbons (Fsp3) is 0.0714. The van der Waals surface area contributed by atoms with Gasteiger partial charge in [-0.05, 0) is 30.3 Å². The molecule has 0 aliphatic rings. The van der Waals surface area contributed by atoms with E-state index in [0.29, 0.717) is 25.8 Å². The van der Waals surface area contributed by atoms with Gasteiger partial charge in [0.1, 0.15) is 11.5 Å². The maximum atomic E-state index is 11.7. The van der Waals surface area contributed by atoms with Crippen LogP contribution in [0.25, 0.3) is 0 Å². The Morgan fingerprint density at radius 2 is 1.67 bits per heavy atom. The highest BCUT2D eigenvalue weighted by atomic mass is 35.5. The molecule has 0 aromatic heterocycles. The lowest BCUT2D eigenvalue weighted by Crippen LogP contribution is -2.17. The summed E-state index contributed by atoms with van der Waals surface area (Å²) in [6.45, 7) is -0.304. The van der Waals surface area contributed by atoms with Gasteiger partial charge in [-0.1, -0.05) is 46.4 Å². The number of carbonyl (C=O) groups excluding carboxylic acids is 1. The molecule has 7 heteroatoms. The van der Waals surface area contributed by atoms with Crippen LogP contribution in [0, 0.1) is 0 Å². The third kappa shape index (κ3) is 4.68. The average Bonchev–Trinajstić information content (AvgIpc) is 2.42. The molecule has 0 fully saturated rings. The van der Waals surface area contributed by atoms with Gasteiger partial charge >= 0.3 is 5.97 Å². The van der Waals surface area contributed by atoms with Gasteiger partial charge < -0.3 is 9.47 Å². The molecule has 2 aromatic carbocycles. The second-order valence-electron chi connectivity index (χ2n) is 3.91. The van der Waals surface area contributed by atoms with E-state index in [1.807, 2.05) is 0 Å². The highest BCUT2D eigenvalue weighted by molar-refractivity contribution is 6.42. The van der Waals surface area contributed by atoms with Crippen LogP contribution < -0.4 is 9.47 Å². The first-order valence-corrected chi connectivity index (χ1v) is 7.20. The lowest BCUT2D eigenvalue weighted by atomic mass is 10.3. The highest BCUT2D eigenvalue weighted by Gasteiger charge is 2.10. The fourth-order valence-electron chi connectivity index (χ4n) is 1.43. The van der Waals surface area contributed by atoms with E-state index < -0.39 is 5.97 Å². The Bertz CT molecular complexity index is 673. The quantitative estimate of drug-likeness (QED) is 0.545. The maximum Gasteiger partial charge on any atom is 0.349 e. The molecule has 0 radical (unpaired) electrons. The molecule has 0 spiro atoms. The SMILES string of the molecule is O=C(COc1ccc(Cl)cc1Cl)Oc1ccc(Cl)c(Cl)c1. The van der Waals surface area contributed by atoms with Crippen LogP contribution in [-0.2, 0) is 4.79 Å². The van der Waals surface area contributed by atoms with E-state index >= 15 is 0 Å². The van der Waals surface area contributed by atoms with Crippen molar-refractivity contribution in [1.29, 1.82) is 0 Å². The van der Waals surface area contributed by atoms with Crippen LogP contribution in [0.3, 0.4) is 0 Å². The molecule has 21 heavy (non-hydrogen) atoms. The molecule has 0 saturated carbocycles. The van der Waals surface area contributed by atoms with Gasteiger partial charge in [0.05, 0.1) is 15.1 Å². The second kappa shape index (κ2) is 7.23. The first-order chi connectivity index (χ1) is 9.95. The zero-order valence-corrected chi connectivity index (χ0v) is 13.4. The third-order valence-electron chi connectivity index (χ3n) is 2.36. The van der Waals surface area contributed by atoms with Crippen molar-refractivity contribution in [3.63, 3.8) is 0 Å². The van der Waals surface area contributed by atoms with Crippen molar-refractivity contribution >= 4 is 52.4 Å². The van der Waals surface area contributed by atoms with E-state index in [2.05, 4.69) is 0 Å². The Hall–Kier alpha value is -1.13. The number of esters is 1. The normalized spacial score (nSPS) is 10.3. The summed E-state index contributed by atoms with van der Waals surface area (Å²) >= 11 is 23.3. The number of rotatable bonds is 4. The van der Waals surface area contributed by atoms with Gasteiger partial charge in [-0.2, -0.15) is 0 Å². The van der Waals surface area contributed by atoms with E-state index in [-0.39, 0.29) is 12.4 Å². The molecule has 0 unspecified atom stereocenters. The molecule has 0 aliphatic heterocycles. The Kier molecular flexibility index (Phi) is 5.59. The van der Waals surface area contributed by atoms with Crippen LogP contribution >= 0.6 is 46.4 Å². The number of hydrogen-bond acceptors (Lipinski definition) is 3. The summed E-state index contributed by atoms with van der Waals surface area (Å²) in [6, 6.07) is 9.19. The monoisotopic (exact) mass is 364 g/mol. The minimum absolute atomic E-state index is 0.278. The van der Waals surface area contributed by atoms with Crippen LogP contribution in [0.1, 0.15) is 0 Å². The molecular weight excluding hydrogens is 358 g/mol. The third-order valence-corrected chi connectivity index (χ3v) is 3.63. The number of carbonyl (C=O) groups is 1. The van der Waals surface area contributed by atoms with Crippen LogP contribution in [0.15, 0.2) is 36.4 Å². The summed E-state index contributed by atoms with van der Waals surface area (Å²) in [7, 11) is 0. The van der Waals surface area contributed by atoms with Gasteiger partial charge in [0.15, 0.2) is 6.61 Å². The Morgan fingerprint density at radius 1 is 0.905 bits per heavy atom. The van der Waals surface area contributed by atoms with Gasteiger partial charge in [0.25, 0.3) is 0 Å². The zero-order valence-electron chi connectivity index (χ0n) is 10.4. The van der Waals surface area contributed by atoms with E-state index in [1.165, 1.54) is 24.3 Å². The number of ether oxygens (including phenoxy) is 2. The second-order valence-corrected chi connectivity index (χ2v) is 5.57. The molecule has 0 N–H and O–H groups in total. The summed E-state index contributed by atoms with van der Waals surface area (Å²) in [5.41, 5.74) is 0. The predicted molar refractivity (Wildman–Crippen MR) is 84.1 cm³/mol. The molecule has 0 saturated heterocycles. The Morgan fingerprint density at radius 3 is 2.33 bits per heavy atom. The molecule has 2 rings (SSSR count). The average molecular weight is 366 g/mol. The van der Waals surface area contributed by atoms with E-state index in [4.69, 9.17) is 55.9 Å². The van der Waals surface area contributed by atoms with Gasteiger partial charge in [-0.15, -0.1) is 0 Å². The van der Waals surface area contributed by atoms with Crippen molar-refractivity contribution in [2.45, 2.75) is 0 Å². The lowest BCUT2D eigenvalue weighted by molar-refractivity contribution is -0.136. The molecule has 0 amide bonds. The van der Waals surface area contributed by atoms with Gasteiger partial charge in [0.2, 0.25) is 0 Å². The van der Waals surface area contributed by atoms with Crippen molar-refractivity contribution < 1.29 is 14.3 Å². The largest absolute Gasteiger partial charge is 0.480 e. The molecular formula is C14H8Cl4O3. The minimum Gasteiger partial charge on any atom is -0.480 e. The van der Waals surface area contributed by atoms with Crippen molar-refractivity contribution in [3.8, 4) is 11.5 Å². The van der Waals surface area contributed by atoms with E-state index in [9.17, 15) is 4.79 Å². The fourth-order valence-corrected chi connectivity index (χ4v) is 2.18. The van der Waals surface area contributed by atoms with Crippen molar-refractivity contribution in [2.75, 3.05) is 6.61 Å². The summed E-state index contributed by atoms with van der Waals surface area (Å²) < 4.78 is 10.3. The van der Waals surface area contributed by atoms with Crippen molar-refractivity contribution in [1.82, 2.24) is 0 Å². The van der Waals surface area contributed by atoms with Crippen LogP contribution in [0.2, 0.25) is 20.1 Å². The summed E-state index contributed by atoms with van der Waals surface area (Å²) in [5.74, 6) is 0.0202. The Balaban J connectivity index is 1.94. The molecule has 2 aromatic rings.